The molecule has 1 aliphatic rings. The van der Waals surface area contributed by atoms with Gasteiger partial charge < -0.3 is 5.73 Å². The molecule has 0 heterocycles. The molecule has 70 valence electrons. The van der Waals surface area contributed by atoms with Crippen molar-refractivity contribution in [3.63, 3.8) is 0 Å². The van der Waals surface area contributed by atoms with Gasteiger partial charge in [0.05, 0.1) is 0 Å². The second-order valence-corrected chi connectivity index (χ2v) is 4.20. The molecule has 0 saturated heterocycles. The van der Waals surface area contributed by atoms with Gasteiger partial charge in [0, 0.05) is 5.54 Å². The summed E-state index contributed by atoms with van der Waals surface area (Å²) in [6, 6.07) is 10.5. The van der Waals surface area contributed by atoms with Crippen LogP contribution in [0.2, 0.25) is 0 Å². The molecule has 0 amide bonds. The Morgan fingerprint density at radius 1 is 1.31 bits per heavy atom. The molecule has 0 unspecified atom stereocenters. The first kappa shape index (κ1) is 8.76. The summed E-state index contributed by atoms with van der Waals surface area (Å²) in [4.78, 5) is 0. The zero-order valence-corrected chi connectivity index (χ0v) is 8.16. The Bertz CT molecular complexity index is 272. The summed E-state index contributed by atoms with van der Waals surface area (Å²) in [5, 5.41) is 0. The Kier molecular flexibility index (Phi) is 2.12. The van der Waals surface area contributed by atoms with Crippen LogP contribution in [0.15, 0.2) is 30.3 Å². The van der Waals surface area contributed by atoms with Crippen molar-refractivity contribution in [2.24, 2.45) is 11.7 Å². The minimum atomic E-state index is -0.0120. The summed E-state index contributed by atoms with van der Waals surface area (Å²) in [5.41, 5.74) is 7.58. The second kappa shape index (κ2) is 3.15. The lowest BCUT2D eigenvalue weighted by atomic mass is 9.64. The number of benzene rings is 1. The Morgan fingerprint density at radius 3 is 2.46 bits per heavy atom. The molecule has 1 aromatic carbocycles. The number of nitrogens with two attached hydrogens (primary N) is 1. The lowest BCUT2D eigenvalue weighted by Gasteiger charge is -2.45. The van der Waals surface area contributed by atoms with Crippen LogP contribution in [0.5, 0.6) is 0 Å². The molecular formula is C12H17N. The highest BCUT2D eigenvalue weighted by Gasteiger charge is 2.40. The van der Waals surface area contributed by atoms with Crippen LogP contribution in [0.1, 0.15) is 31.7 Å². The molecule has 1 aliphatic carbocycles. The van der Waals surface area contributed by atoms with Gasteiger partial charge in [-0.25, -0.2) is 0 Å². The molecule has 0 atom stereocenters. The van der Waals surface area contributed by atoms with E-state index in [-0.39, 0.29) is 5.54 Å². The SMILES string of the molecule is CCC1CC(N)(c2ccccc2)C1. The Hall–Kier alpha value is -0.820. The number of hydrogen-bond donors (Lipinski definition) is 1. The molecule has 1 fully saturated rings. The molecule has 1 aromatic rings. The normalized spacial score (nSPS) is 32.6. The summed E-state index contributed by atoms with van der Waals surface area (Å²) < 4.78 is 0. The van der Waals surface area contributed by atoms with Crippen LogP contribution < -0.4 is 5.73 Å². The largest absolute Gasteiger partial charge is 0.321 e. The summed E-state index contributed by atoms with van der Waals surface area (Å²) in [6.07, 6.45) is 3.59. The van der Waals surface area contributed by atoms with Crippen molar-refractivity contribution < 1.29 is 0 Å². The third-order valence-electron chi connectivity index (χ3n) is 3.23. The smallest absolute Gasteiger partial charge is 0.0414 e. The van der Waals surface area contributed by atoms with Gasteiger partial charge in [-0.15, -0.1) is 0 Å². The average molecular weight is 175 g/mol. The summed E-state index contributed by atoms with van der Waals surface area (Å²) in [6.45, 7) is 2.25. The quantitative estimate of drug-likeness (QED) is 0.734. The van der Waals surface area contributed by atoms with Crippen LogP contribution in [-0.2, 0) is 5.54 Å². The summed E-state index contributed by atoms with van der Waals surface area (Å²) in [5.74, 6) is 0.852. The molecule has 0 spiro atoms. The Balaban J connectivity index is 2.11. The van der Waals surface area contributed by atoms with Crippen LogP contribution in [0.25, 0.3) is 0 Å². The van der Waals surface area contributed by atoms with E-state index in [1.165, 1.54) is 12.0 Å². The van der Waals surface area contributed by atoms with Crippen LogP contribution in [0.4, 0.5) is 0 Å². The van der Waals surface area contributed by atoms with E-state index in [9.17, 15) is 0 Å². The van der Waals surface area contributed by atoms with Gasteiger partial charge in [0.15, 0.2) is 0 Å². The van der Waals surface area contributed by atoms with Gasteiger partial charge in [0.25, 0.3) is 0 Å². The highest BCUT2D eigenvalue weighted by Crippen LogP contribution is 2.44. The highest BCUT2D eigenvalue weighted by atomic mass is 14.8. The fraction of sp³-hybridized carbons (Fsp3) is 0.500. The Morgan fingerprint density at radius 2 is 1.92 bits per heavy atom. The van der Waals surface area contributed by atoms with E-state index in [4.69, 9.17) is 5.73 Å². The molecule has 0 aliphatic heterocycles. The third kappa shape index (κ3) is 1.49. The van der Waals surface area contributed by atoms with Crippen molar-refractivity contribution in [1.82, 2.24) is 0 Å². The van der Waals surface area contributed by atoms with Gasteiger partial charge in [0.1, 0.15) is 0 Å². The first-order chi connectivity index (χ1) is 6.24. The van der Waals surface area contributed by atoms with Gasteiger partial charge in [-0.2, -0.15) is 0 Å². The number of hydrogen-bond acceptors (Lipinski definition) is 1. The topological polar surface area (TPSA) is 26.0 Å². The molecule has 0 bridgehead atoms. The Labute approximate surface area is 80.0 Å². The average Bonchev–Trinajstić information content (AvgIpc) is 2.14. The monoisotopic (exact) mass is 175 g/mol. The van der Waals surface area contributed by atoms with Crippen molar-refractivity contribution in [3.05, 3.63) is 35.9 Å². The first-order valence-electron chi connectivity index (χ1n) is 5.09. The molecule has 0 aromatic heterocycles. The zero-order chi connectivity index (χ0) is 9.31. The van der Waals surface area contributed by atoms with Gasteiger partial charge in [-0.05, 0) is 24.3 Å². The standard InChI is InChI=1S/C12H17N/c1-2-10-8-12(13,9-10)11-6-4-3-5-7-11/h3-7,10H,2,8-9,13H2,1H3. The van der Waals surface area contributed by atoms with Crippen molar-refractivity contribution in [3.8, 4) is 0 Å². The van der Waals surface area contributed by atoms with E-state index in [2.05, 4.69) is 31.2 Å². The van der Waals surface area contributed by atoms with Crippen molar-refractivity contribution in [1.29, 1.82) is 0 Å². The maximum absolute atomic E-state index is 6.29. The van der Waals surface area contributed by atoms with Crippen LogP contribution in [0, 0.1) is 5.92 Å². The van der Waals surface area contributed by atoms with Crippen LogP contribution in [-0.4, -0.2) is 0 Å². The minimum absolute atomic E-state index is 0.0120. The van der Waals surface area contributed by atoms with E-state index < -0.39 is 0 Å². The molecule has 1 nitrogen and oxygen atoms in total. The van der Waals surface area contributed by atoms with Crippen LogP contribution in [0.3, 0.4) is 0 Å². The van der Waals surface area contributed by atoms with Crippen molar-refractivity contribution >= 4 is 0 Å². The van der Waals surface area contributed by atoms with Crippen molar-refractivity contribution in [2.45, 2.75) is 31.7 Å². The highest BCUT2D eigenvalue weighted by molar-refractivity contribution is 5.26. The first-order valence-corrected chi connectivity index (χ1v) is 5.09. The summed E-state index contributed by atoms with van der Waals surface area (Å²) >= 11 is 0. The van der Waals surface area contributed by atoms with Gasteiger partial charge in [-0.3, -0.25) is 0 Å². The van der Waals surface area contributed by atoms with Gasteiger partial charge in [0.2, 0.25) is 0 Å². The van der Waals surface area contributed by atoms with Crippen LogP contribution >= 0.6 is 0 Å². The maximum Gasteiger partial charge on any atom is 0.0414 e. The second-order valence-electron chi connectivity index (χ2n) is 4.20. The number of rotatable bonds is 2. The van der Waals surface area contributed by atoms with E-state index in [0.717, 1.165) is 18.8 Å². The van der Waals surface area contributed by atoms with E-state index >= 15 is 0 Å². The molecule has 2 rings (SSSR count). The zero-order valence-electron chi connectivity index (χ0n) is 8.16. The van der Waals surface area contributed by atoms with E-state index in [1.807, 2.05) is 6.07 Å². The lowest BCUT2D eigenvalue weighted by Crippen LogP contribution is -2.48. The third-order valence-corrected chi connectivity index (χ3v) is 3.23. The molecule has 2 N–H and O–H groups in total. The maximum atomic E-state index is 6.29. The van der Waals surface area contributed by atoms with Gasteiger partial charge >= 0.3 is 0 Å². The molecular weight excluding hydrogens is 158 g/mol. The van der Waals surface area contributed by atoms with Gasteiger partial charge in [-0.1, -0.05) is 43.7 Å². The molecule has 1 heteroatoms. The predicted molar refractivity (Wildman–Crippen MR) is 55.3 cm³/mol. The van der Waals surface area contributed by atoms with E-state index in [0.29, 0.717) is 0 Å². The van der Waals surface area contributed by atoms with Crippen molar-refractivity contribution in [2.75, 3.05) is 0 Å². The lowest BCUT2D eigenvalue weighted by molar-refractivity contribution is 0.143. The fourth-order valence-corrected chi connectivity index (χ4v) is 2.26. The molecule has 1 saturated carbocycles. The minimum Gasteiger partial charge on any atom is -0.321 e. The van der Waals surface area contributed by atoms with E-state index in [1.54, 1.807) is 0 Å². The fourth-order valence-electron chi connectivity index (χ4n) is 2.26. The molecule has 13 heavy (non-hydrogen) atoms. The predicted octanol–water partition coefficient (Wildman–Crippen LogP) is 2.66. The molecule has 0 radical (unpaired) electrons. The summed E-state index contributed by atoms with van der Waals surface area (Å²) in [7, 11) is 0.